The zero-order valence-electron chi connectivity index (χ0n) is 15.5. The first-order chi connectivity index (χ1) is 11.9. The number of nitrogens with zero attached hydrogens (tertiary/aromatic N) is 1. The van der Waals surface area contributed by atoms with Crippen LogP contribution in [0.2, 0.25) is 0 Å². The Morgan fingerprint density at radius 2 is 1.78 bits per heavy atom. The van der Waals surface area contributed by atoms with Crippen molar-refractivity contribution in [2.75, 3.05) is 19.6 Å². The van der Waals surface area contributed by atoms with Crippen LogP contribution in [0.5, 0.6) is 0 Å². The number of alkyl halides is 2. The van der Waals surface area contributed by atoms with E-state index in [1.165, 1.54) is 18.4 Å². The van der Waals surface area contributed by atoms with E-state index in [2.05, 4.69) is 34.6 Å². The first kappa shape index (κ1) is 24.1. The highest BCUT2D eigenvalue weighted by molar-refractivity contribution is 5.85. The van der Waals surface area contributed by atoms with Crippen LogP contribution in [0.3, 0.4) is 0 Å². The zero-order valence-corrected chi connectivity index (χ0v) is 17.2. The minimum atomic E-state index is -2.78. The summed E-state index contributed by atoms with van der Waals surface area (Å²) in [5, 5.41) is 5.31. The summed E-state index contributed by atoms with van der Waals surface area (Å²) in [4.78, 5) is 14.4. The monoisotopic (exact) mass is 423 g/mol. The predicted octanol–water partition coefficient (Wildman–Crippen LogP) is 3.38. The van der Waals surface area contributed by atoms with Gasteiger partial charge in [-0.3, -0.25) is 15.0 Å². The topological polar surface area (TPSA) is 44.4 Å². The number of rotatable bonds is 5. The lowest BCUT2D eigenvalue weighted by atomic mass is 9.99. The first-order valence-electron chi connectivity index (χ1n) is 9.10. The molecule has 0 aromatic heterocycles. The Hall–Kier alpha value is -0.950. The smallest absolute Gasteiger partial charge is 0.262 e. The maximum Gasteiger partial charge on any atom is 0.262 e. The van der Waals surface area contributed by atoms with Crippen molar-refractivity contribution in [3.05, 3.63) is 35.4 Å². The molecule has 4 nitrogen and oxygen atoms in total. The van der Waals surface area contributed by atoms with Gasteiger partial charge >= 0.3 is 0 Å². The number of likely N-dealkylation sites (tertiary alicyclic amines) is 1. The molecule has 2 N–H and O–H groups in total. The van der Waals surface area contributed by atoms with E-state index >= 15 is 0 Å². The van der Waals surface area contributed by atoms with E-state index < -0.39 is 24.9 Å². The van der Waals surface area contributed by atoms with Crippen molar-refractivity contribution in [1.82, 2.24) is 15.5 Å². The van der Waals surface area contributed by atoms with Crippen LogP contribution in [-0.2, 0) is 17.9 Å². The number of nitrogens with one attached hydrogen (secondary N) is 2. The van der Waals surface area contributed by atoms with Gasteiger partial charge in [-0.05, 0) is 43.0 Å². The van der Waals surface area contributed by atoms with E-state index in [0.29, 0.717) is 6.54 Å². The standard InChI is InChI=1S/C19H27F2N3O.2ClH/c1-14-6-8-24(9-7-14)12-16-4-2-15(3-5-16)11-22-18(25)17-10-19(20,21)13-23-17;;/h2-5,14,17,23H,6-13H2,1H3,(H,22,25);2*1H. The summed E-state index contributed by atoms with van der Waals surface area (Å²) in [6, 6.07) is 7.37. The van der Waals surface area contributed by atoms with Crippen molar-refractivity contribution < 1.29 is 13.6 Å². The first-order valence-corrected chi connectivity index (χ1v) is 9.10. The van der Waals surface area contributed by atoms with Crippen LogP contribution >= 0.6 is 24.8 Å². The number of halogens is 4. The molecule has 0 bridgehead atoms. The van der Waals surface area contributed by atoms with Crippen LogP contribution in [0.1, 0.15) is 37.3 Å². The molecule has 0 radical (unpaired) electrons. The molecule has 1 unspecified atom stereocenters. The number of amides is 1. The number of hydrogen-bond acceptors (Lipinski definition) is 3. The molecule has 3 rings (SSSR count). The molecule has 2 saturated heterocycles. The molecule has 154 valence electrons. The van der Waals surface area contributed by atoms with Gasteiger partial charge in [0.05, 0.1) is 12.6 Å². The highest BCUT2D eigenvalue weighted by Crippen LogP contribution is 2.25. The van der Waals surface area contributed by atoms with E-state index in [-0.39, 0.29) is 30.7 Å². The maximum atomic E-state index is 13.1. The molecule has 1 atom stereocenters. The summed E-state index contributed by atoms with van der Waals surface area (Å²) >= 11 is 0. The van der Waals surface area contributed by atoms with Crippen molar-refractivity contribution in [2.24, 2.45) is 5.92 Å². The van der Waals surface area contributed by atoms with E-state index in [4.69, 9.17) is 0 Å². The molecule has 0 spiro atoms. The highest BCUT2D eigenvalue weighted by atomic mass is 35.5. The Morgan fingerprint density at radius 1 is 1.19 bits per heavy atom. The van der Waals surface area contributed by atoms with Gasteiger partial charge in [0.1, 0.15) is 0 Å². The minimum absolute atomic E-state index is 0. The molecule has 1 amide bonds. The molecule has 1 aromatic rings. The van der Waals surface area contributed by atoms with E-state index in [0.717, 1.165) is 31.1 Å². The summed E-state index contributed by atoms with van der Waals surface area (Å²) in [5.74, 6) is -2.31. The molecule has 0 aliphatic carbocycles. The van der Waals surface area contributed by atoms with E-state index in [1.807, 2.05) is 12.1 Å². The van der Waals surface area contributed by atoms with Gasteiger partial charge in [0, 0.05) is 19.5 Å². The number of piperidine rings is 1. The van der Waals surface area contributed by atoms with Gasteiger partial charge in [-0.1, -0.05) is 31.2 Å². The number of carbonyl (C=O) groups is 1. The summed E-state index contributed by atoms with van der Waals surface area (Å²) in [6.07, 6.45) is 2.10. The molecule has 2 fully saturated rings. The minimum Gasteiger partial charge on any atom is -0.351 e. The van der Waals surface area contributed by atoms with Crippen molar-refractivity contribution in [3.63, 3.8) is 0 Å². The lowest BCUT2D eigenvalue weighted by molar-refractivity contribution is -0.123. The Bertz CT molecular complexity index is 593. The van der Waals surface area contributed by atoms with Crippen LogP contribution < -0.4 is 10.6 Å². The summed E-state index contributed by atoms with van der Waals surface area (Å²) in [7, 11) is 0. The Balaban J connectivity index is 0.00000182. The van der Waals surface area contributed by atoms with Crippen LogP contribution in [0.15, 0.2) is 24.3 Å². The van der Waals surface area contributed by atoms with Crippen LogP contribution in [0.4, 0.5) is 8.78 Å². The van der Waals surface area contributed by atoms with Gasteiger partial charge in [0.2, 0.25) is 5.91 Å². The fraction of sp³-hybridized carbons (Fsp3) is 0.632. The second kappa shape index (κ2) is 10.6. The highest BCUT2D eigenvalue weighted by Gasteiger charge is 2.42. The third kappa shape index (κ3) is 7.18. The Morgan fingerprint density at radius 3 is 2.33 bits per heavy atom. The SMILES string of the molecule is CC1CCN(Cc2ccc(CNC(=O)C3CC(F)(F)CN3)cc2)CC1.Cl.Cl. The predicted molar refractivity (Wildman–Crippen MR) is 108 cm³/mol. The molecule has 2 aliphatic rings. The molecule has 27 heavy (non-hydrogen) atoms. The van der Waals surface area contributed by atoms with Gasteiger partial charge < -0.3 is 5.32 Å². The third-order valence-corrected chi connectivity index (χ3v) is 5.20. The van der Waals surface area contributed by atoms with Gasteiger partial charge in [-0.2, -0.15) is 0 Å². The fourth-order valence-corrected chi connectivity index (χ4v) is 3.45. The van der Waals surface area contributed by atoms with Gasteiger partial charge in [0.25, 0.3) is 5.92 Å². The molecule has 2 heterocycles. The van der Waals surface area contributed by atoms with Gasteiger partial charge in [-0.25, -0.2) is 8.78 Å². The van der Waals surface area contributed by atoms with Crippen LogP contribution in [-0.4, -0.2) is 42.4 Å². The normalized spacial score (nSPS) is 22.6. The second-order valence-electron chi connectivity index (χ2n) is 7.49. The van der Waals surface area contributed by atoms with Crippen molar-refractivity contribution in [1.29, 1.82) is 0 Å². The number of carbonyl (C=O) groups excluding carboxylic acids is 1. The third-order valence-electron chi connectivity index (χ3n) is 5.20. The average Bonchev–Trinajstić information content (AvgIpc) is 2.96. The lowest BCUT2D eigenvalue weighted by Gasteiger charge is -2.30. The van der Waals surface area contributed by atoms with Crippen LogP contribution in [0, 0.1) is 5.92 Å². The number of benzene rings is 1. The van der Waals surface area contributed by atoms with E-state index in [1.54, 1.807) is 0 Å². The van der Waals surface area contributed by atoms with Crippen molar-refractivity contribution in [3.8, 4) is 0 Å². The summed E-state index contributed by atoms with van der Waals surface area (Å²) < 4.78 is 26.3. The van der Waals surface area contributed by atoms with E-state index in [9.17, 15) is 13.6 Å². The molecule has 1 aromatic carbocycles. The molecular formula is C19H29Cl2F2N3O. The summed E-state index contributed by atoms with van der Waals surface area (Å²) in [5.41, 5.74) is 2.25. The van der Waals surface area contributed by atoms with Crippen molar-refractivity contribution >= 4 is 30.7 Å². The molecule has 2 aliphatic heterocycles. The molecular weight excluding hydrogens is 395 g/mol. The second-order valence-corrected chi connectivity index (χ2v) is 7.49. The zero-order chi connectivity index (χ0) is 17.9. The fourth-order valence-electron chi connectivity index (χ4n) is 3.45. The van der Waals surface area contributed by atoms with Gasteiger partial charge in [-0.15, -0.1) is 24.8 Å². The molecule has 8 heteroatoms. The largest absolute Gasteiger partial charge is 0.351 e. The van der Waals surface area contributed by atoms with Crippen molar-refractivity contribution in [2.45, 2.75) is 51.2 Å². The lowest BCUT2D eigenvalue weighted by Crippen LogP contribution is -2.40. The Kier molecular flexibility index (Phi) is 9.42. The van der Waals surface area contributed by atoms with Crippen LogP contribution in [0.25, 0.3) is 0 Å². The van der Waals surface area contributed by atoms with Gasteiger partial charge in [0.15, 0.2) is 0 Å². The maximum absolute atomic E-state index is 13.1. The average molecular weight is 424 g/mol. The quantitative estimate of drug-likeness (QED) is 0.762. The summed E-state index contributed by atoms with van der Waals surface area (Å²) in [6.45, 7) is 5.51. The number of hydrogen-bond donors (Lipinski definition) is 2. The Labute approximate surface area is 172 Å². The molecule has 0 saturated carbocycles.